The van der Waals surface area contributed by atoms with Crippen LogP contribution < -0.4 is 20.9 Å². The van der Waals surface area contributed by atoms with Gasteiger partial charge in [0.25, 0.3) is 0 Å². The van der Waals surface area contributed by atoms with Gasteiger partial charge in [0.2, 0.25) is 0 Å². The number of nitrogen functional groups attached to an aromatic ring is 2. The fraction of sp³-hybridized carbons (Fsp3) is 0.105. The zero-order valence-corrected chi connectivity index (χ0v) is 14.7. The van der Waals surface area contributed by atoms with Crippen molar-refractivity contribution in [2.75, 3.05) is 25.7 Å². The van der Waals surface area contributed by atoms with Crippen LogP contribution in [-0.4, -0.2) is 19.2 Å². The minimum Gasteiger partial charge on any atom is -0.493 e. The van der Waals surface area contributed by atoms with E-state index in [0.717, 1.165) is 22.3 Å². The summed E-state index contributed by atoms with van der Waals surface area (Å²) in [6, 6.07) is 13.0. The highest BCUT2D eigenvalue weighted by molar-refractivity contribution is 6.33. The molecule has 1 heterocycles. The van der Waals surface area contributed by atoms with Crippen molar-refractivity contribution in [1.82, 2.24) is 4.98 Å². The molecule has 2 aromatic carbocycles. The number of hydrogen-bond donors (Lipinski definition) is 2. The van der Waals surface area contributed by atoms with Gasteiger partial charge in [-0.05, 0) is 41.5 Å². The Morgan fingerprint density at radius 1 is 0.840 bits per heavy atom. The van der Waals surface area contributed by atoms with Crippen molar-refractivity contribution < 1.29 is 9.47 Å². The predicted molar refractivity (Wildman–Crippen MR) is 102 cm³/mol. The van der Waals surface area contributed by atoms with Crippen molar-refractivity contribution in [3.8, 4) is 33.8 Å². The standard InChI is InChI=1S/C19H18ClN3O2/c1-24-17-6-4-11(9-18(17)25-2)13-7-14(19(22)23-10-13)12-3-5-16(21)15(20)8-12/h3-10H,21H2,1-2H3,(H2,22,23). The van der Waals surface area contributed by atoms with Crippen LogP contribution in [0.25, 0.3) is 22.3 Å². The van der Waals surface area contributed by atoms with Gasteiger partial charge in [-0.1, -0.05) is 23.7 Å². The van der Waals surface area contributed by atoms with E-state index in [1.54, 1.807) is 32.5 Å². The predicted octanol–water partition coefficient (Wildman–Crippen LogP) is 4.25. The average Bonchev–Trinajstić information content (AvgIpc) is 2.64. The fourth-order valence-electron chi connectivity index (χ4n) is 2.57. The van der Waals surface area contributed by atoms with E-state index >= 15 is 0 Å². The molecule has 3 rings (SSSR count). The normalized spacial score (nSPS) is 10.5. The monoisotopic (exact) mass is 355 g/mol. The highest BCUT2D eigenvalue weighted by Gasteiger charge is 2.11. The first-order valence-corrected chi connectivity index (χ1v) is 7.94. The maximum absolute atomic E-state index is 6.13. The lowest BCUT2D eigenvalue weighted by atomic mass is 10.0. The minimum atomic E-state index is 0.421. The van der Waals surface area contributed by atoms with Gasteiger partial charge in [-0.3, -0.25) is 0 Å². The number of rotatable bonds is 4. The number of benzene rings is 2. The van der Waals surface area contributed by atoms with Crippen LogP contribution in [0.1, 0.15) is 0 Å². The molecule has 3 aromatic rings. The summed E-state index contributed by atoms with van der Waals surface area (Å²) in [6.07, 6.45) is 1.72. The van der Waals surface area contributed by atoms with Crippen LogP contribution in [0.5, 0.6) is 11.5 Å². The first kappa shape index (κ1) is 16.9. The Kier molecular flexibility index (Phi) is 4.67. The smallest absolute Gasteiger partial charge is 0.161 e. The highest BCUT2D eigenvalue weighted by atomic mass is 35.5. The summed E-state index contributed by atoms with van der Waals surface area (Å²) in [5.41, 5.74) is 15.8. The lowest BCUT2D eigenvalue weighted by molar-refractivity contribution is 0.355. The van der Waals surface area contributed by atoms with E-state index in [1.807, 2.05) is 30.3 Å². The lowest BCUT2D eigenvalue weighted by Gasteiger charge is -2.12. The van der Waals surface area contributed by atoms with E-state index in [1.165, 1.54) is 0 Å². The highest BCUT2D eigenvalue weighted by Crippen LogP contribution is 2.35. The van der Waals surface area contributed by atoms with Crippen LogP contribution in [0.3, 0.4) is 0 Å². The lowest BCUT2D eigenvalue weighted by Crippen LogP contribution is -1.96. The van der Waals surface area contributed by atoms with Crippen LogP contribution in [0.2, 0.25) is 5.02 Å². The molecule has 5 nitrogen and oxygen atoms in total. The molecule has 0 spiro atoms. The zero-order valence-electron chi connectivity index (χ0n) is 13.9. The average molecular weight is 356 g/mol. The van der Waals surface area contributed by atoms with Gasteiger partial charge in [0.05, 0.1) is 24.9 Å². The van der Waals surface area contributed by atoms with Crippen molar-refractivity contribution in [3.63, 3.8) is 0 Å². The molecule has 0 fully saturated rings. The number of anilines is 2. The molecular formula is C19H18ClN3O2. The van der Waals surface area contributed by atoms with E-state index in [-0.39, 0.29) is 0 Å². The van der Waals surface area contributed by atoms with E-state index in [4.69, 9.17) is 32.5 Å². The molecule has 25 heavy (non-hydrogen) atoms. The third-order valence-electron chi connectivity index (χ3n) is 3.95. The van der Waals surface area contributed by atoms with Crippen molar-refractivity contribution >= 4 is 23.1 Å². The van der Waals surface area contributed by atoms with Gasteiger partial charge in [0, 0.05) is 17.3 Å². The number of ether oxygens (including phenoxy) is 2. The second-order valence-electron chi connectivity index (χ2n) is 5.46. The molecule has 1 aromatic heterocycles. The molecule has 0 amide bonds. The summed E-state index contributed by atoms with van der Waals surface area (Å²) in [4.78, 5) is 4.31. The number of pyridine rings is 1. The number of methoxy groups -OCH3 is 2. The SMILES string of the molecule is COc1ccc(-c2cnc(N)c(-c3ccc(N)c(Cl)c3)c2)cc1OC. The Labute approximate surface area is 151 Å². The second-order valence-corrected chi connectivity index (χ2v) is 5.87. The topological polar surface area (TPSA) is 83.4 Å². The largest absolute Gasteiger partial charge is 0.493 e. The summed E-state index contributed by atoms with van der Waals surface area (Å²) in [7, 11) is 3.20. The van der Waals surface area contributed by atoms with Gasteiger partial charge in [0.15, 0.2) is 11.5 Å². The quantitative estimate of drug-likeness (QED) is 0.683. The maximum atomic E-state index is 6.13. The molecule has 6 heteroatoms. The number of aromatic nitrogens is 1. The van der Waals surface area contributed by atoms with E-state index < -0.39 is 0 Å². The molecule has 0 saturated carbocycles. The molecular weight excluding hydrogens is 338 g/mol. The summed E-state index contributed by atoms with van der Waals surface area (Å²) < 4.78 is 10.6. The van der Waals surface area contributed by atoms with Gasteiger partial charge < -0.3 is 20.9 Å². The van der Waals surface area contributed by atoms with Crippen LogP contribution in [0.4, 0.5) is 11.5 Å². The Morgan fingerprint density at radius 2 is 1.56 bits per heavy atom. The van der Waals surface area contributed by atoms with Crippen molar-refractivity contribution in [2.45, 2.75) is 0 Å². The van der Waals surface area contributed by atoms with Crippen molar-refractivity contribution in [1.29, 1.82) is 0 Å². The fourth-order valence-corrected chi connectivity index (χ4v) is 2.76. The summed E-state index contributed by atoms with van der Waals surface area (Å²) in [5, 5.41) is 0.480. The number of halogens is 1. The molecule has 0 radical (unpaired) electrons. The van der Waals surface area contributed by atoms with E-state index in [9.17, 15) is 0 Å². The summed E-state index contributed by atoms with van der Waals surface area (Å²) >= 11 is 6.13. The molecule has 0 saturated heterocycles. The van der Waals surface area contributed by atoms with Crippen molar-refractivity contribution in [3.05, 3.63) is 53.7 Å². The molecule has 128 valence electrons. The Hall–Kier alpha value is -2.92. The van der Waals surface area contributed by atoms with E-state index in [2.05, 4.69) is 4.98 Å². The third-order valence-corrected chi connectivity index (χ3v) is 4.27. The molecule has 0 aliphatic carbocycles. The van der Waals surface area contributed by atoms with E-state index in [0.29, 0.717) is 28.0 Å². The first-order valence-electron chi connectivity index (χ1n) is 7.56. The van der Waals surface area contributed by atoms with Crippen LogP contribution in [0.15, 0.2) is 48.7 Å². The third kappa shape index (κ3) is 3.32. The van der Waals surface area contributed by atoms with Gasteiger partial charge in [0.1, 0.15) is 5.82 Å². The van der Waals surface area contributed by atoms with Gasteiger partial charge >= 0.3 is 0 Å². The maximum Gasteiger partial charge on any atom is 0.161 e. The van der Waals surface area contributed by atoms with Gasteiger partial charge in [-0.25, -0.2) is 4.98 Å². The van der Waals surface area contributed by atoms with Crippen LogP contribution in [0, 0.1) is 0 Å². The van der Waals surface area contributed by atoms with Crippen molar-refractivity contribution in [2.24, 2.45) is 0 Å². The zero-order chi connectivity index (χ0) is 18.0. The van der Waals surface area contributed by atoms with Gasteiger partial charge in [-0.15, -0.1) is 0 Å². The van der Waals surface area contributed by atoms with Crippen LogP contribution in [-0.2, 0) is 0 Å². The van der Waals surface area contributed by atoms with Crippen LogP contribution >= 0.6 is 11.6 Å². The Balaban J connectivity index is 2.09. The second kappa shape index (κ2) is 6.91. The Morgan fingerprint density at radius 3 is 2.24 bits per heavy atom. The minimum absolute atomic E-state index is 0.421. The number of nitrogens with two attached hydrogens (primary N) is 2. The molecule has 0 aliphatic rings. The Bertz CT molecular complexity index is 929. The number of nitrogens with zero attached hydrogens (tertiary/aromatic N) is 1. The summed E-state index contributed by atoms with van der Waals surface area (Å²) in [6.45, 7) is 0. The van der Waals surface area contributed by atoms with Gasteiger partial charge in [-0.2, -0.15) is 0 Å². The first-order chi connectivity index (χ1) is 12.0. The molecule has 0 unspecified atom stereocenters. The molecule has 0 atom stereocenters. The number of hydrogen-bond acceptors (Lipinski definition) is 5. The molecule has 0 bridgehead atoms. The summed E-state index contributed by atoms with van der Waals surface area (Å²) in [5.74, 6) is 1.74. The molecule has 0 aliphatic heterocycles. The molecule has 4 N–H and O–H groups in total.